The Bertz CT molecular complexity index is 712. The molecule has 2 aromatic rings. The number of rotatable bonds is 6. The molecule has 0 unspecified atom stereocenters. The zero-order valence-electron chi connectivity index (χ0n) is 14.0. The molecule has 0 amide bonds. The van der Waals surface area contributed by atoms with E-state index in [0.29, 0.717) is 18.2 Å². The van der Waals surface area contributed by atoms with Crippen LogP contribution in [0.2, 0.25) is 0 Å². The summed E-state index contributed by atoms with van der Waals surface area (Å²) in [6, 6.07) is 17.3. The molecule has 0 bridgehead atoms. The fraction of sp³-hybridized carbons (Fsp3) is 0.350. The van der Waals surface area contributed by atoms with Crippen molar-refractivity contribution in [1.82, 2.24) is 5.32 Å². The number of aromatic carboxylic acids is 1. The summed E-state index contributed by atoms with van der Waals surface area (Å²) in [4.78, 5) is 11.0. The maximum atomic E-state index is 11.0. The second-order valence-electron chi connectivity index (χ2n) is 6.92. The smallest absolute Gasteiger partial charge is 0.335 e. The third kappa shape index (κ3) is 3.44. The van der Waals surface area contributed by atoms with Gasteiger partial charge in [-0.15, -0.1) is 0 Å². The molecule has 1 aliphatic carbocycles. The molecule has 1 fully saturated rings. The molecule has 2 N–H and O–H groups in total. The maximum Gasteiger partial charge on any atom is 0.335 e. The normalized spacial score (nSPS) is 21.8. The zero-order chi connectivity index (χ0) is 17.2. The summed E-state index contributed by atoms with van der Waals surface area (Å²) in [6.45, 7) is 5.07. The minimum absolute atomic E-state index is 0.0280. The van der Waals surface area contributed by atoms with Gasteiger partial charge in [-0.2, -0.15) is 0 Å². The Morgan fingerprint density at radius 2 is 1.96 bits per heavy atom. The van der Waals surface area contributed by atoms with Crippen LogP contribution in [0, 0.1) is 5.41 Å². The predicted octanol–water partition coefficient (Wildman–Crippen LogP) is 3.72. The van der Waals surface area contributed by atoms with Gasteiger partial charge < -0.3 is 15.2 Å². The van der Waals surface area contributed by atoms with Gasteiger partial charge in [-0.25, -0.2) is 4.79 Å². The molecular weight excluding hydrogens is 302 g/mol. The lowest BCUT2D eigenvalue weighted by atomic mass is 9.64. The summed E-state index contributed by atoms with van der Waals surface area (Å²) in [5.74, 6) is 0.0142. The van der Waals surface area contributed by atoms with Gasteiger partial charge in [0.05, 0.1) is 5.56 Å². The number of hydrogen-bond acceptors (Lipinski definition) is 3. The molecule has 1 saturated carbocycles. The standard InChI is InChI=1S/C20H23NO3/c1-20(2)17(12-18(20)24-16-9-4-3-5-10-16)21-13-14-7-6-8-15(11-14)19(22)23/h3-11,17-18,21H,12-13H2,1-2H3,(H,22,23)/t17-,18+/m0/s1. The van der Waals surface area contributed by atoms with Crippen LogP contribution in [0.15, 0.2) is 54.6 Å². The Kier molecular flexibility index (Phi) is 4.58. The average Bonchev–Trinajstić information content (AvgIpc) is 2.58. The predicted molar refractivity (Wildman–Crippen MR) is 93.3 cm³/mol. The van der Waals surface area contributed by atoms with Crippen molar-refractivity contribution < 1.29 is 14.6 Å². The van der Waals surface area contributed by atoms with Crippen LogP contribution >= 0.6 is 0 Å². The fourth-order valence-corrected chi connectivity index (χ4v) is 3.15. The van der Waals surface area contributed by atoms with Crippen molar-refractivity contribution in [2.75, 3.05) is 0 Å². The van der Waals surface area contributed by atoms with Crippen molar-refractivity contribution in [3.8, 4) is 5.75 Å². The highest BCUT2D eigenvalue weighted by Gasteiger charge is 2.49. The van der Waals surface area contributed by atoms with Gasteiger partial charge in [0, 0.05) is 24.4 Å². The van der Waals surface area contributed by atoms with Crippen LogP contribution < -0.4 is 10.1 Å². The molecule has 0 heterocycles. The molecule has 4 nitrogen and oxygen atoms in total. The maximum absolute atomic E-state index is 11.0. The number of benzene rings is 2. The van der Waals surface area contributed by atoms with Gasteiger partial charge in [0.25, 0.3) is 0 Å². The zero-order valence-corrected chi connectivity index (χ0v) is 14.0. The van der Waals surface area contributed by atoms with Crippen molar-refractivity contribution in [1.29, 1.82) is 0 Å². The van der Waals surface area contributed by atoms with E-state index in [1.54, 1.807) is 18.2 Å². The van der Waals surface area contributed by atoms with E-state index < -0.39 is 5.97 Å². The third-order valence-electron chi connectivity index (χ3n) is 4.93. The number of carbonyl (C=O) groups is 1. The highest BCUT2D eigenvalue weighted by atomic mass is 16.5. The average molecular weight is 325 g/mol. The van der Waals surface area contributed by atoms with E-state index in [1.807, 2.05) is 36.4 Å². The fourth-order valence-electron chi connectivity index (χ4n) is 3.15. The van der Waals surface area contributed by atoms with Crippen molar-refractivity contribution >= 4 is 5.97 Å². The van der Waals surface area contributed by atoms with Gasteiger partial charge in [0.15, 0.2) is 0 Å². The minimum atomic E-state index is -0.892. The molecule has 0 radical (unpaired) electrons. The van der Waals surface area contributed by atoms with Crippen LogP contribution in [0.4, 0.5) is 0 Å². The van der Waals surface area contributed by atoms with Crippen molar-refractivity contribution in [2.45, 2.75) is 39.0 Å². The molecule has 3 rings (SSSR count). The van der Waals surface area contributed by atoms with E-state index in [-0.39, 0.29) is 11.5 Å². The molecule has 0 spiro atoms. The van der Waals surface area contributed by atoms with E-state index in [0.717, 1.165) is 17.7 Å². The number of carboxylic acids is 1. The van der Waals surface area contributed by atoms with E-state index in [2.05, 4.69) is 19.2 Å². The first-order valence-electron chi connectivity index (χ1n) is 8.24. The number of carboxylic acid groups (broad SMARTS) is 1. The summed E-state index contributed by atoms with van der Waals surface area (Å²) in [7, 11) is 0. The largest absolute Gasteiger partial charge is 0.490 e. The summed E-state index contributed by atoms with van der Waals surface area (Å²) in [6.07, 6.45) is 1.13. The number of nitrogens with one attached hydrogen (secondary N) is 1. The highest BCUT2D eigenvalue weighted by Crippen LogP contribution is 2.43. The van der Waals surface area contributed by atoms with Gasteiger partial charge in [0.1, 0.15) is 11.9 Å². The Balaban J connectivity index is 1.56. The molecule has 1 aliphatic rings. The SMILES string of the molecule is CC1(C)[C@@H](NCc2cccc(C(=O)O)c2)C[C@H]1Oc1ccccc1. The van der Waals surface area contributed by atoms with E-state index in [4.69, 9.17) is 9.84 Å². The lowest BCUT2D eigenvalue weighted by Gasteiger charge is -2.51. The van der Waals surface area contributed by atoms with Gasteiger partial charge >= 0.3 is 5.97 Å². The third-order valence-corrected chi connectivity index (χ3v) is 4.93. The molecule has 0 saturated heterocycles. The number of para-hydroxylation sites is 1. The summed E-state index contributed by atoms with van der Waals surface area (Å²) in [5, 5.41) is 12.6. The molecule has 126 valence electrons. The quantitative estimate of drug-likeness (QED) is 0.850. The molecule has 0 aromatic heterocycles. The Labute approximate surface area is 142 Å². The minimum Gasteiger partial charge on any atom is -0.490 e. The lowest BCUT2D eigenvalue weighted by Crippen LogP contribution is -2.61. The van der Waals surface area contributed by atoms with Gasteiger partial charge in [0.2, 0.25) is 0 Å². The first-order chi connectivity index (χ1) is 11.5. The second-order valence-corrected chi connectivity index (χ2v) is 6.92. The molecule has 24 heavy (non-hydrogen) atoms. The van der Waals surface area contributed by atoms with Gasteiger partial charge in [-0.05, 0) is 29.8 Å². The van der Waals surface area contributed by atoms with Crippen molar-refractivity contribution in [3.63, 3.8) is 0 Å². The first kappa shape index (κ1) is 16.5. The Morgan fingerprint density at radius 1 is 1.21 bits per heavy atom. The Hall–Kier alpha value is -2.33. The van der Waals surface area contributed by atoms with Crippen molar-refractivity contribution in [3.05, 3.63) is 65.7 Å². The summed E-state index contributed by atoms with van der Waals surface area (Å²) < 4.78 is 6.08. The van der Waals surface area contributed by atoms with Crippen LogP contribution in [0.25, 0.3) is 0 Å². The number of ether oxygens (including phenoxy) is 1. The monoisotopic (exact) mass is 325 g/mol. The molecule has 2 atom stereocenters. The van der Waals surface area contributed by atoms with Gasteiger partial charge in [-0.1, -0.05) is 44.2 Å². The van der Waals surface area contributed by atoms with E-state index in [1.165, 1.54) is 0 Å². The van der Waals surface area contributed by atoms with E-state index in [9.17, 15) is 4.79 Å². The van der Waals surface area contributed by atoms with Crippen LogP contribution in [0.3, 0.4) is 0 Å². The van der Waals surface area contributed by atoms with Crippen LogP contribution in [0.1, 0.15) is 36.2 Å². The van der Waals surface area contributed by atoms with Gasteiger partial charge in [-0.3, -0.25) is 0 Å². The Morgan fingerprint density at radius 3 is 2.62 bits per heavy atom. The molecule has 4 heteroatoms. The molecule has 0 aliphatic heterocycles. The van der Waals surface area contributed by atoms with Crippen LogP contribution in [-0.2, 0) is 6.54 Å². The van der Waals surface area contributed by atoms with E-state index >= 15 is 0 Å². The van der Waals surface area contributed by atoms with Crippen LogP contribution in [0.5, 0.6) is 5.75 Å². The highest BCUT2D eigenvalue weighted by molar-refractivity contribution is 5.87. The number of hydrogen-bond donors (Lipinski definition) is 2. The molecule has 2 aromatic carbocycles. The summed E-state index contributed by atoms with van der Waals surface area (Å²) >= 11 is 0. The first-order valence-corrected chi connectivity index (χ1v) is 8.24. The van der Waals surface area contributed by atoms with Crippen molar-refractivity contribution in [2.24, 2.45) is 5.41 Å². The molecular formula is C20H23NO3. The summed E-state index contributed by atoms with van der Waals surface area (Å²) in [5.41, 5.74) is 1.34. The van der Waals surface area contributed by atoms with Crippen LogP contribution in [-0.4, -0.2) is 23.2 Å². The lowest BCUT2D eigenvalue weighted by molar-refractivity contribution is -0.0554. The topological polar surface area (TPSA) is 58.6 Å². The second kappa shape index (κ2) is 6.65.